The Balaban J connectivity index is 1.58. The molecule has 0 aliphatic carbocycles. The summed E-state index contributed by atoms with van der Waals surface area (Å²) in [7, 11) is 3.80. The zero-order chi connectivity index (χ0) is 20.8. The summed E-state index contributed by atoms with van der Waals surface area (Å²) in [6, 6.07) is 8.75. The lowest BCUT2D eigenvalue weighted by Crippen LogP contribution is -2.37. The number of hydrogen-bond acceptors (Lipinski definition) is 3. The van der Waals surface area contributed by atoms with E-state index in [4.69, 9.17) is 0 Å². The number of hydrogen-bond donors (Lipinski definition) is 2. The summed E-state index contributed by atoms with van der Waals surface area (Å²) in [6.45, 7) is 11.4. The molecule has 158 valence electrons. The maximum atomic E-state index is 4.49. The zero-order valence-electron chi connectivity index (χ0n) is 18.6. The van der Waals surface area contributed by atoms with Gasteiger partial charge in [-0.15, -0.1) is 0 Å². The van der Waals surface area contributed by atoms with Gasteiger partial charge in [-0.05, 0) is 50.3 Å². The average Bonchev–Trinajstić information content (AvgIpc) is 2.95. The van der Waals surface area contributed by atoms with Crippen LogP contribution in [-0.4, -0.2) is 40.8 Å². The van der Waals surface area contributed by atoms with E-state index >= 15 is 0 Å². The van der Waals surface area contributed by atoms with Gasteiger partial charge in [0, 0.05) is 51.5 Å². The molecule has 1 fully saturated rings. The van der Waals surface area contributed by atoms with E-state index in [0.717, 1.165) is 37.2 Å². The van der Waals surface area contributed by atoms with Crippen molar-refractivity contribution in [3.63, 3.8) is 0 Å². The average molecular weight is 397 g/mol. The molecule has 1 aromatic heterocycles. The number of benzene rings is 1. The second kappa shape index (κ2) is 9.92. The Labute approximate surface area is 175 Å². The normalized spacial score (nSPS) is 18.1. The van der Waals surface area contributed by atoms with E-state index in [2.05, 4.69) is 70.7 Å². The van der Waals surface area contributed by atoms with Crippen molar-refractivity contribution in [3.8, 4) is 0 Å². The third-order valence-electron chi connectivity index (χ3n) is 6.01. The minimum Gasteiger partial charge on any atom is -0.352 e. The van der Waals surface area contributed by atoms with Gasteiger partial charge in [0.1, 0.15) is 0 Å². The SMILES string of the molecule is CN=C(NCc1ccccc1CN1CCCC(C)C1)NCc1c(C)nn(C)c1C. The van der Waals surface area contributed by atoms with Gasteiger partial charge in [0.05, 0.1) is 5.69 Å². The minimum absolute atomic E-state index is 0.721. The number of piperidine rings is 1. The van der Waals surface area contributed by atoms with Crippen molar-refractivity contribution < 1.29 is 0 Å². The molecule has 6 nitrogen and oxygen atoms in total. The third kappa shape index (κ3) is 5.60. The number of nitrogens with one attached hydrogen (secondary N) is 2. The topological polar surface area (TPSA) is 57.5 Å². The van der Waals surface area contributed by atoms with Crippen LogP contribution in [0.5, 0.6) is 0 Å². The first-order valence-electron chi connectivity index (χ1n) is 10.7. The van der Waals surface area contributed by atoms with Gasteiger partial charge in [0.25, 0.3) is 0 Å². The summed E-state index contributed by atoms with van der Waals surface area (Å²) >= 11 is 0. The lowest BCUT2D eigenvalue weighted by atomic mass is 9.99. The molecule has 2 aromatic rings. The first-order chi connectivity index (χ1) is 14.0. The van der Waals surface area contributed by atoms with E-state index < -0.39 is 0 Å². The third-order valence-corrected chi connectivity index (χ3v) is 6.01. The predicted octanol–water partition coefficient (Wildman–Crippen LogP) is 3.13. The van der Waals surface area contributed by atoms with Crippen LogP contribution in [0.25, 0.3) is 0 Å². The van der Waals surface area contributed by atoms with Crippen molar-refractivity contribution in [2.24, 2.45) is 18.0 Å². The maximum Gasteiger partial charge on any atom is 0.191 e. The smallest absolute Gasteiger partial charge is 0.191 e. The summed E-state index contributed by atoms with van der Waals surface area (Å²) in [5.74, 6) is 1.62. The molecule has 0 amide bonds. The van der Waals surface area contributed by atoms with Gasteiger partial charge in [-0.25, -0.2) is 0 Å². The van der Waals surface area contributed by atoms with Crippen LogP contribution >= 0.6 is 0 Å². The second-order valence-corrected chi connectivity index (χ2v) is 8.30. The number of rotatable bonds is 6. The van der Waals surface area contributed by atoms with E-state index in [9.17, 15) is 0 Å². The van der Waals surface area contributed by atoms with Crippen LogP contribution in [-0.2, 0) is 26.7 Å². The van der Waals surface area contributed by atoms with Crippen LogP contribution in [0.15, 0.2) is 29.3 Å². The van der Waals surface area contributed by atoms with E-state index in [1.807, 2.05) is 18.8 Å². The standard InChI is InChI=1S/C23H36N6/c1-17-9-8-12-29(15-17)16-21-11-7-6-10-20(21)13-25-23(24-4)26-14-22-18(2)27-28(5)19(22)3/h6-7,10-11,17H,8-9,12-16H2,1-5H3,(H2,24,25,26). The molecule has 1 aliphatic rings. The summed E-state index contributed by atoms with van der Waals surface area (Å²) in [5.41, 5.74) is 6.22. The zero-order valence-corrected chi connectivity index (χ0v) is 18.6. The van der Waals surface area contributed by atoms with Crippen molar-refractivity contribution in [2.75, 3.05) is 20.1 Å². The van der Waals surface area contributed by atoms with Gasteiger partial charge in [-0.3, -0.25) is 14.6 Å². The van der Waals surface area contributed by atoms with Crippen LogP contribution in [0, 0.1) is 19.8 Å². The van der Waals surface area contributed by atoms with Gasteiger partial charge in [0.15, 0.2) is 5.96 Å². The molecule has 1 aromatic carbocycles. The highest BCUT2D eigenvalue weighted by molar-refractivity contribution is 5.79. The highest BCUT2D eigenvalue weighted by atomic mass is 15.3. The monoisotopic (exact) mass is 396 g/mol. The van der Waals surface area contributed by atoms with Crippen LogP contribution in [0.4, 0.5) is 0 Å². The summed E-state index contributed by atoms with van der Waals surface area (Å²) < 4.78 is 1.93. The maximum absolute atomic E-state index is 4.49. The molecule has 6 heteroatoms. The molecule has 29 heavy (non-hydrogen) atoms. The van der Waals surface area contributed by atoms with Gasteiger partial charge < -0.3 is 10.6 Å². The number of nitrogens with zero attached hydrogens (tertiary/aromatic N) is 4. The van der Waals surface area contributed by atoms with E-state index in [1.54, 1.807) is 0 Å². The van der Waals surface area contributed by atoms with Gasteiger partial charge >= 0.3 is 0 Å². The Hall–Kier alpha value is -2.34. The Kier molecular flexibility index (Phi) is 7.31. The van der Waals surface area contributed by atoms with E-state index in [1.165, 1.54) is 48.3 Å². The van der Waals surface area contributed by atoms with Gasteiger partial charge in [-0.2, -0.15) is 5.10 Å². The molecule has 2 heterocycles. The minimum atomic E-state index is 0.721. The summed E-state index contributed by atoms with van der Waals surface area (Å²) in [6.07, 6.45) is 2.67. The van der Waals surface area contributed by atoms with Crippen molar-refractivity contribution in [1.82, 2.24) is 25.3 Å². The molecular weight excluding hydrogens is 360 g/mol. The Bertz CT molecular complexity index is 838. The number of aryl methyl sites for hydroxylation is 2. The number of aromatic nitrogens is 2. The first-order valence-corrected chi connectivity index (χ1v) is 10.7. The quantitative estimate of drug-likeness (QED) is 0.582. The van der Waals surface area contributed by atoms with Gasteiger partial charge in [-0.1, -0.05) is 31.2 Å². The fourth-order valence-electron chi connectivity index (χ4n) is 4.20. The van der Waals surface area contributed by atoms with Crippen molar-refractivity contribution in [2.45, 2.75) is 53.2 Å². The molecule has 1 aliphatic heterocycles. The Morgan fingerprint density at radius 1 is 1.17 bits per heavy atom. The highest BCUT2D eigenvalue weighted by Gasteiger charge is 2.17. The molecule has 3 rings (SSSR count). The molecule has 0 saturated carbocycles. The van der Waals surface area contributed by atoms with Crippen molar-refractivity contribution in [1.29, 1.82) is 0 Å². The van der Waals surface area contributed by atoms with E-state index in [0.29, 0.717) is 0 Å². The largest absolute Gasteiger partial charge is 0.352 e. The summed E-state index contributed by atoms with van der Waals surface area (Å²) in [4.78, 5) is 6.99. The molecule has 2 N–H and O–H groups in total. The lowest BCUT2D eigenvalue weighted by Gasteiger charge is -2.31. The fourth-order valence-corrected chi connectivity index (χ4v) is 4.20. The molecule has 1 saturated heterocycles. The molecule has 1 unspecified atom stereocenters. The predicted molar refractivity (Wildman–Crippen MR) is 120 cm³/mol. The summed E-state index contributed by atoms with van der Waals surface area (Å²) in [5, 5.41) is 11.4. The van der Waals surface area contributed by atoms with Crippen LogP contribution in [0.3, 0.4) is 0 Å². The highest BCUT2D eigenvalue weighted by Crippen LogP contribution is 2.19. The van der Waals surface area contributed by atoms with Crippen LogP contribution in [0.2, 0.25) is 0 Å². The second-order valence-electron chi connectivity index (χ2n) is 8.30. The molecule has 1 atom stereocenters. The first kappa shape index (κ1) is 21.4. The van der Waals surface area contributed by atoms with Crippen molar-refractivity contribution >= 4 is 5.96 Å². The van der Waals surface area contributed by atoms with Crippen LogP contribution < -0.4 is 10.6 Å². The fraction of sp³-hybridized carbons (Fsp3) is 0.565. The van der Waals surface area contributed by atoms with Crippen molar-refractivity contribution in [3.05, 3.63) is 52.3 Å². The Morgan fingerprint density at radius 3 is 2.55 bits per heavy atom. The molecular formula is C23H36N6. The van der Waals surface area contributed by atoms with Crippen LogP contribution in [0.1, 0.15) is 47.8 Å². The van der Waals surface area contributed by atoms with Gasteiger partial charge in [0.2, 0.25) is 0 Å². The lowest BCUT2D eigenvalue weighted by molar-refractivity contribution is 0.176. The molecule has 0 spiro atoms. The Morgan fingerprint density at radius 2 is 1.90 bits per heavy atom. The number of aliphatic imine (C=N–C) groups is 1. The number of likely N-dealkylation sites (tertiary alicyclic amines) is 1. The molecule has 0 bridgehead atoms. The van der Waals surface area contributed by atoms with E-state index in [-0.39, 0.29) is 0 Å². The molecule has 0 radical (unpaired) electrons. The number of guanidine groups is 1.